The van der Waals surface area contributed by atoms with E-state index in [0.29, 0.717) is 33.4 Å². The average Bonchev–Trinajstić information content (AvgIpc) is 3.56. The summed E-state index contributed by atoms with van der Waals surface area (Å²) in [4.78, 5) is 36.6. The van der Waals surface area contributed by atoms with Crippen LogP contribution in [0.5, 0.6) is 5.88 Å². The molecule has 1 saturated carbocycles. The molecule has 44 heavy (non-hydrogen) atoms. The summed E-state index contributed by atoms with van der Waals surface area (Å²) in [5.41, 5.74) is 1.97. The topological polar surface area (TPSA) is 111 Å². The van der Waals surface area contributed by atoms with Gasteiger partial charge in [0.15, 0.2) is 0 Å². The third-order valence-electron chi connectivity index (χ3n) is 8.21. The largest absolute Gasteiger partial charge is 0.474 e. The van der Waals surface area contributed by atoms with Crippen molar-refractivity contribution in [3.05, 3.63) is 58.9 Å². The molecule has 0 radical (unpaired) electrons. The van der Waals surface area contributed by atoms with Crippen LogP contribution in [0.15, 0.2) is 36.9 Å². The van der Waals surface area contributed by atoms with Crippen LogP contribution >= 0.6 is 11.6 Å². The maximum absolute atomic E-state index is 15.8. The molecule has 230 valence electrons. The van der Waals surface area contributed by atoms with Crippen molar-refractivity contribution in [2.45, 2.75) is 52.6 Å². The Morgan fingerprint density at radius 3 is 2.64 bits per heavy atom. The quantitative estimate of drug-likeness (QED) is 0.266. The predicted octanol–water partition coefficient (Wildman–Crippen LogP) is 6.64. The van der Waals surface area contributed by atoms with Gasteiger partial charge in [-0.2, -0.15) is 5.10 Å². The van der Waals surface area contributed by atoms with E-state index in [1.165, 1.54) is 17.3 Å². The Balaban J connectivity index is 1.33. The highest BCUT2D eigenvalue weighted by molar-refractivity contribution is 6.36. The van der Waals surface area contributed by atoms with Gasteiger partial charge in [-0.3, -0.25) is 14.4 Å². The number of halogens is 2. The number of pyridine rings is 2. The van der Waals surface area contributed by atoms with Gasteiger partial charge in [0, 0.05) is 54.0 Å². The van der Waals surface area contributed by atoms with E-state index >= 15 is 4.39 Å². The number of hydrogen-bond donors (Lipinski definition) is 1. The number of carbonyl (C=O) groups is 2. The lowest BCUT2D eigenvalue weighted by molar-refractivity contribution is -0.117. The first-order chi connectivity index (χ1) is 20.9. The molecule has 0 saturated heterocycles. The Morgan fingerprint density at radius 2 is 1.95 bits per heavy atom. The maximum Gasteiger partial charge on any atom is 0.415 e. The lowest BCUT2D eigenvalue weighted by Crippen LogP contribution is -2.42. The molecular formula is C32H34ClFN6O4. The van der Waals surface area contributed by atoms with Crippen LogP contribution in [0.2, 0.25) is 5.02 Å². The molecule has 12 heteroatoms. The fourth-order valence-electron chi connectivity index (χ4n) is 6.12. The number of amides is 2. The SMILES string of the molecule is CCC1C(C(=O)Nc2cc3cc(-c4cnc5c(c4C)N(C(=O)OC(C)(C)C)CCO5)c(F)c(Cl)c3cn2)C1c1cnn(C)c1. The predicted molar refractivity (Wildman–Crippen MR) is 166 cm³/mol. The van der Waals surface area contributed by atoms with E-state index in [-0.39, 0.29) is 53.3 Å². The van der Waals surface area contributed by atoms with Gasteiger partial charge in [0.2, 0.25) is 11.8 Å². The van der Waals surface area contributed by atoms with Crippen LogP contribution in [0.4, 0.5) is 20.7 Å². The van der Waals surface area contributed by atoms with Gasteiger partial charge in [0.1, 0.15) is 29.5 Å². The van der Waals surface area contributed by atoms with E-state index in [9.17, 15) is 9.59 Å². The summed E-state index contributed by atoms with van der Waals surface area (Å²) in [5.74, 6) is -0.0263. The lowest BCUT2D eigenvalue weighted by Gasteiger charge is -2.32. The molecule has 3 aromatic heterocycles. The van der Waals surface area contributed by atoms with Crippen molar-refractivity contribution in [2.75, 3.05) is 23.4 Å². The van der Waals surface area contributed by atoms with Crippen molar-refractivity contribution in [1.82, 2.24) is 19.7 Å². The van der Waals surface area contributed by atoms with Crippen molar-refractivity contribution in [1.29, 1.82) is 0 Å². The summed E-state index contributed by atoms with van der Waals surface area (Å²) in [7, 11) is 1.86. The van der Waals surface area contributed by atoms with Crippen molar-refractivity contribution in [2.24, 2.45) is 18.9 Å². The molecule has 10 nitrogen and oxygen atoms in total. The number of aryl methyl sites for hydroxylation is 1. The number of carbonyl (C=O) groups excluding carboxylic acids is 2. The molecule has 4 heterocycles. The molecule has 2 aliphatic rings. The number of benzene rings is 1. The number of rotatable bonds is 5. The Kier molecular flexibility index (Phi) is 7.47. The van der Waals surface area contributed by atoms with Crippen LogP contribution in [0.25, 0.3) is 21.9 Å². The van der Waals surface area contributed by atoms with E-state index in [4.69, 9.17) is 21.1 Å². The monoisotopic (exact) mass is 620 g/mol. The van der Waals surface area contributed by atoms with Gasteiger partial charge in [-0.1, -0.05) is 24.9 Å². The minimum atomic E-state index is -0.704. The molecule has 2 amide bonds. The van der Waals surface area contributed by atoms with Crippen LogP contribution in [-0.4, -0.2) is 50.5 Å². The maximum atomic E-state index is 15.8. The first-order valence-electron chi connectivity index (χ1n) is 14.6. The second-order valence-electron chi connectivity index (χ2n) is 12.3. The van der Waals surface area contributed by atoms with Gasteiger partial charge in [-0.05, 0) is 62.3 Å². The highest BCUT2D eigenvalue weighted by atomic mass is 35.5. The second-order valence-corrected chi connectivity index (χ2v) is 12.7. The van der Waals surface area contributed by atoms with Gasteiger partial charge < -0.3 is 14.8 Å². The summed E-state index contributed by atoms with van der Waals surface area (Å²) >= 11 is 6.53. The van der Waals surface area contributed by atoms with Crippen molar-refractivity contribution < 1.29 is 23.5 Å². The summed E-state index contributed by atoms with van der Waals surface area (Å²) < 4.78 is 28.9. The van der Waals surface area contributed by atoms with Gasteiger partial charge in [0.25, 0.3) is 0 Å². The second kappa shape index (κ2) is 11.0. The number of anilines is 2. The van der Waals surface area contributed by atoms with E-state index in [2.05, 4.69) is 27.3 Å². The molecule has 6 rings (SSSR count). The standard InChI is InChI=1S/C32H34ClFN6O4/c1-7-19-24(18-12-37-39(6)15-18)25(19)29(41)38-23-11-17-10-20(27(34)26(33)22(17)14-35-23)21-13-36-30-28(16(21)2)40(8-9-43-30)31(42)44-32(3,4)5/h10-15,19,24-25H,7-9H2,1-6H3,(H,35,38,41). The highest BCUT2D eigenvalue weighted by Gasteiger charge is 2.54. The Morgan fingerprint density at radius 1 is 1.18 bits per heavy atom. The molecule has 1 aliphatic heterocycles. The van der Waals surface area contributed by atoms with E-state index in [0.717, 1.165) is 12.0 Å². The minimum absolute atomic E-state index is 0.105. The number of fused-ring (bicyclic) bond motifs is 2. The van der Waals surface area contributed by atoms with E-state index in [1.807, 2.05) is 19.4 Å². The summed E-state index contributed by atoms with van der Waals surface area (Å²) in [6, 6.07) is 3.33. The molecular weight excluding hydrogens is 587 g/mol. The molecule has 1 fully saturated rings. The number of ether oxygens (including phenoxy) is 2. The van der Waals surface area contributed by atoms with Crippen molar-refractivity contribution in [3.63, 3.8) is 0 Å². The van der Waals surface area contributed by atoms with Gasteiger partial charge in [0.05, 0.1) is 17.8 Å². The highest BCUT2D eigenvalue weighted by Crippen LogP contribution is 2.56. The average molecular weight is 621 g/mol. The number of hydrogen-bond acceptors (Lipinski definition) is 7. The number of nitrogens with zero attached hydrogens (tertiary/aromatic N) is 5. The van der Waals surface area contributed by atoms with Gasteiger partial charge in [-0.25, -0.2) is 19.2 Å². The molecule has 1 N–H and O–H groups in total. The molecule has 4 aromatic rings. The van der Waals surface area contributed by atoms with E-state index < -0.39 is 17.5 Å². The summed E-state index contributed by atoms with van der Waals surface area (Å²) in [5, 5.41) is 8.08. The third kappa shape index (κ3) is 5.34. The van der Waals surface area contributed by atoms with E-state index in [1.54, 1.807) is 44.5 Å². The minimum Gasteiger partial charge on any atom is -0.474 e. The zero-order chi connectivity index (χ0) is 31.5. The normalized spacial score (nSPS) is 19.4. The lowest BCUT2D eigenvalue weighted by atomic mass is 9.97. The molecule has 3 atom stereocenters. The zero-order valence-corrected chi connectivity index (χ0v) is 26.2. The van der Waals surface area contributed by atoms with Crippen molar-refractivity contribution >= 4 is 45.9 Å². The smallest absolute Gasteiger partial charge is 0.415 e. The first-order valence-corrected chi connectivity index (χ1v) is 15.0. The van der Waals surface area contributed by atoms with Crippen LogP contribution < -0.4 is 15.0 Å². The fourth-order valence-corrected chi connectivity index (χ4v) is 6.38. The van der Waals surface area contributed by atoms with Crippen molar-refractivity contribution in [3.8, 4) is 17.0 Å². The molecule has 1 aliphatic carbocycles. The third-order valence-corrected chi connectivity index (χ3v) is 8.58. The van der Waals surface area contributed by atoms with Crippen LogP contribution in [0.1, 0.15) is 51.2 Å². The molecule has 1 aromatic carbocycles. The fraction of sp³-hybridized carbons (Fsp3) is 0.406. The Bertz CT molecular complexity index is 1800. The molecule has 3 unspecified atom stereocenters. The van der Waals surface area contributed by atoms with Gasteiger partial charge >= 0.3 is 6.09 Å². The molecule has 0 bridgehead atoms. The zero-order valence-electron chi connectivity index (χ0n) is 25.4. The summed E-state index contributed by atoms with van der Waals surface area (Å²) in [6.45, 7) is 9.72. The first kappa shape index (κ1) is 29.8. The number of nitrogens with one attached hydrogen (secondary N) is 1. The Labute approximate surface area is 259 Å². The van der Waals surface area contributed by atoms with Crippen LogP contribution in [0.3, 0.4) is 0 Å². The number of aromatic nitrogens is 4. The van der Waals surface area contributed by atoms with Crippen LogP contribution in [0, 0.1) is 24.6 Å². The van der Waals surface area contributed by atoms with Gasteiger partial charge in [-0.15, -0.1) is 0 Å². The Hall–Kier alpha value is -4.25. The molecule has 0 spiro atoms. The van der Waals surface area contributed by atoms with Crippen LogP contribution in [-0.2, 0) is 16.6 Å². The summed E-state index contributed by atoms with van der Waals surface area (Å²) in [6.07, 6.45) is 7.05.